The fraction of sp³-hybridized carbons (Fsp3) is 0.423. The van der Waals surface area contributed by atoms with Crippen LogP contribution in [-0.2, 0) is 12.0 Å². The SMILES string of the molecule is COc1ccc(C(=O)N[C@@H]2C[C@H]3CN(Cc4ccccc4)C[C@@]3(c3nc(C)no3)C2)c(C)c1. The number of likely N-dealkylation sites (tertiary alicyclic amines) is 1. The van der Waals surface area contributed by atoms with E-state index in [4.69, 9.17) is 9.26 Å². The number of hydrogen-bond acceptors (Lipinski definition) is 6. The monoisotopic (exact) mass is 446 g/mol. The quantitative estimate of drug-likeness (QED) is 0.623. The number of ether oxygens (including phenoxy) is 1. The first-order valence-electron chi connectivity index (χ1n) is 11.5. The van der Waals surface area contributed by atoms with Crippen LogP contribution in [0.4, 0.5) is 0 Å². The largest absolute Gasteiger partial charge is 0.497 e. The van der Waals surface area contributed by atoms with Crippen LogP contribution >= 0.6 is 0 Å². The molecule has 33 heavy (non-hydrogen) atoms. The van der Waals surface area contributed by atoms with Gasteiger partial charge in [0.05, 0.1) is 12.5 Å². The number of nitrogens with zero attached hydrogens (tertiary/aromatic N) is 3. The van der Waals surface area contributed by atoms with Crippen LogP contribution in [0.15, 0.2) is 53.1 Å². The van der Waals surface area contributed by atoms with E-state index in [1.54, 1.807) is 7.11 Å². The van der Waals surface area contributed by atoms with E-state index in [2.05, 4.69) is 44.6 Å². The van der Waals surface area contributed by atoms with Crippen molar-refractivity contribution in [2.24, 2.45) is 5.92 Å². The average Bonchev–Trinajstić information content (AvgIpc) is 3.47. The summed E-state index contributed by atoms with van der Waals surface area (Å²) in [5.74, 6) is 2.42. The fourth-order valence-corrected chi connectivity index (χ4v) is 5.66. The molecule has 2 aromatic carbocycles. The number of hydrogen-bond donors (Lipinski definition) is 1. The van der Waals surface area contributed by atoms with Gasteiger partial charge in [0.25, 0.3) is 5.91 Å². The number of carbonyl (C=O) groups is 1. The first-order valence-corrected chi connectivity index (χ1v) is 11.5. The third-order valence-corrected chi connectivity index (χ3v) is 7.16. The minimum Gasteiger partial charge on any atom is -0.497 e. The van der Waals surface area contributed by atoms with Crippen molar-refractivity contribution in [1.82, 2.24) is 20.4 Å². The Morgan fingerprint density at radius 2 is 2.06 bits per heavy atom. The van der Waals surface area contributed by atoms with Gasteiger partial charge in [-0.05, 0) is 61.9 Å². The van der Waals surface area contributed by atoms with Crippen LogP contribution in [0.5, 0.6) is 5.75 Å². The average molecular weight is 447 g/mol. The number of amides is 1. The lowest BCUT2D eigenvalue weighted by Gasteiger charge is -2.25. The van der Waals surface area contributed by atoms with Crippen LogP contribution < -0.4 is 10.1 Å². The third kappa shape index (κ3) is 4.13. The first kappa shape index (κ1) is 21.6. The Kier molecular flexibility index (Phi) is 5.66. The molecule has 1 aliphatic carbocycles. The lowest BCUT2D eigenvalue weighted by molar-refractivity contribution is 0.0933. The van der Waals surface area contributed by atoms with Crippen molar-refractivity contribution in [3.63, 3.8) is 0 Å². The van der Waals surface area contributed by atoms with Gasteiger partial charge in [-0.25, -0.2) is 0 Å². The highest BCUT2D eigenvalue weighted by molar-refractivity contribution is 5.96. The van der Waals surface area contributed by atoms with E-state index in [0.717, 1.165) is 43.8 Å². The maximum Gasteiger partial charge on any atom is 0.251 e. The van der Waals surface area contributed by atoms with Gasteiger partial charge < -0.3 is 14.6 Å². The number of aryl methyl sites for hydroxylation is 2. The molecular weight excluding hydrogens is 416 g/mol. The van der Waals surface area contributed by atoms with Crippen molar-refractivity contribution in [2.45, 2.75) is 44.7 Å². The van der Waals surface area contributed by atoms with E-state index in [1.165, 1.54) is 5.56 Å². The lowest BCUT2D eigenvalue weighted by Crippen LogP contribution is -2.38. The van der Waals surface area contributed by atoms with Crippen LogP contribution in [0.2, 0.25) is 0 Å². The van der Waals surface area contributed by atoms with Gasteiger partial charge in [0.15, 0.2) is 5.82 Å². The van der Waals surface area contributed by atoms with Gasteiger partial charge in [0.2, 0.25) is 5.89 Å². The Balaban J connectivity index is 1.34. The second kappa shape index (κ2) is 8.63. The van der Waals surface area contributed by atoms with Gasteiger partial charge in [0, 0.05) is 31.2 Å². The number of carbonyl (C=O) groups excluding carboxylic acids is 1. The Hall–Kier alpha value is -3.19. The van der Waals surface area contributed by atoms with Gasteiger partial charge in [-0.15, -0.1) is 0 Å². The molecule has 2 aliphatic rings. The molecule has 1 saturated carbocycles. The fourth-order valence-electron chi connectivity index (χ4n) is 5.66. The summed E-state index contributed by atoms with van der Waals surface area (Å²) in [7, 11) is 1.63. The first-order chi connectivity index (χ1) is 16.0. The number of rotatable bonds is 6. The highest BCUT2D eigenvalue weighted by atomic mass is 16.5. The molecule has 2 heterocycles. The smallest absolute Gasteiger partial charge is 0.251 e. The molecule has 7 nitrogen and oxygen atoms in total. The highest BCUT2D eigenvalue weighted by Gasteiger charge is 2.57. The number of methoxy groups -OCH3 is 1. The second-order valence-electron chi connectivity index (χ2n) is 9.45. The van der Waals surface area contributed by atoms with Gasteiger partial charge in [0.1, 0.15) is 5.75 Å². The standard InChI is InChI=1S/C26H30N4O3/c1-17-11-22(32-3)9-10-23(17)24(31)28-21-12-20-15-30(14-19-7-5-4-6-8-19)16-26(20,13-21)25-27-18(2)29-33-25/h4-11,20-21H,12-16H2,1-3H3,(H,28,31)/t20-,21+,26-/m0/s1. The van der Waals surface area contributed by atoms with Crippen LogP contribution in [0.3, 0.4) is 0 Å². The summed E-state index contributed by atoms with van der Waals surface area (Å²) in [6.45, 7) is 6.49. The molecule has 172 valence electrons. The predicted molar refractivity (Wildman–Crippen MR) is 124 cm³/mol. The molecule has 1 saturated heterocycles. The molecule has 1 aliphatic heterocycles. The van der Waals surface area contributed by atoms with E-state index in [1.807, 2.05) is 38.1 Å². The topological polar surface area (TPSA) is 80.5 Å². The minimum absolute atomic E-state index is 0.0434. The zero-order valence-electron chi connectivity index (χ0n) is 19.4. The highest BCUT2D eigenvalue weighted by Crippen LogP contribution is 2.50. The van der Waals surface area contributed by atoms with Crippen LogP contribution in [-0.4, -0.2) is 47.2 Å². The maximum absolute atomic E-state index is 13.1. The number of fused-ring (bicyclic) bond motifs is 1. The van der Waals surface area contributed by atoms with Crippen molar-refractivity contribution in [2.75, 3.05) is 20.2 Å². The maximum atomic E-state index is 13.1. The van der Waals surface area contributed by atoms with Crippen LogP contribution in [0.1, 0.15) is 46.0 Å². The molecule has 1 N–H and O–H groups in total. The molecule has 1 amide bonds. The number of benzene rings is 2. The summed E-state index contributed by atoms with van der Waals surface area (Å²) < 4.78 is 11.0. The molecule has 7 heteroatoms. The van der Waals surface area contributed by atoms with Crippen molar-refractivity contribution in [1.29, 1.82) is 0 Å². The Morgan fingerprint density at radius 1 is 1.24 bits per heavy atom. The van der Waals surface area contributed by atoms with Crippen molar-refractivity contribution in [3.05, 3.63) is 76.9 Å². The van der Waals surface area contributed by atoms with Crippen molar-refractivity contribution < 1.29 is 14.1 Å². The molecule has 2 fully saturated rings. The zero-order valence-corrected chi connectivity index (χ0v) is 19.4. The van der Waals surface area contributed by atoms with Crippen molar-refractivity contribution in [3.8, 4) is 5.75 Å². The molecule has 0 bridgehead atoms. The summed E-state index contributed by atoms with van der Waals surface area (Å²) in [5.41, 5.74) is 2.65. The van der Waals surface area contributed by atoms with Gasteiger partial charge >= 0.3 is 0 Å². The van der Waals surface area contributed by atoms with Crippen LogP contribution in [0.25, 0.3) is 0 Å². The van der Waals surface area contributed by atoms with E-state index < -0.39 is 0 Å². The van der Waals surface area contributed by atoms with Gasteiger partial charge in [-0.3, -0.25) is 9.69 Å². The van der Waals surface area contributed by atoms with Gasteiger partial charge in [-0.2, -0.15) is 4.98 Å². The van der Waals surface area contributed by atoms with Crippen molar-refractivity contribution >= 4 is 5.91 Å². The molecule has 1 aromatic heterocycles. The van der Waals surface area contributed by atoms with Gasteiger partial charge in [-0.1, -0.05) is 35.5 Å². The van der Waals surface area contributed by atoms with E-state index in [-0.39, 0.29) is 17.4 Å². The van der Waals surface area contributed by atoms with E-state index >= 15 is 0 Å². The summed E-state index contributed by atoms with van der Waals surface area (Å²) >= 11 is 0. The molecule has 3 aromatic rings. The molecule has 3 atom stereocenters. The molecule has 0 radical (unpaired) electrons. The second-order valence-corrected chi connectivity index (χ2v) is 9.45. The Bertz CT molecular complexity index is 1150. The van der Waals surface area contributed by atoms with E-state index in [9.17, 15) is 4.79 Å². The zero-order chi connectivity index (χ0) is 23.0. The summed E-state index contributed by atoms with van der Waals surface area (Å²) in [6, 6.07) is 16.1. The van der Waals surface area contributed by atoms with Crippen LogP contribution in [0, 0.1) is 19.8 Å². The Labute approximate surface area is 194 Å². The molecular formula is C26H30N4O3. The minimum atomic E-state index is -0.233. The predicted octanol–water partition coefficient (Wildman–Crippen LogP) is 3.66. The summed E-state index contributed by atoms with van der Waals surface area (Å²) in [4.78, 5) is 20.2. The number of nitrogens with one attached hydrogen (secondary N) is 1. The molecule has 0 spiro atoms. The summed E-state index contributed by atoms with van der Waals surface area (Å²) in [6.07, 6.45) is 1.69. The normalized spacial score (nSPS) is 24.6. The summed E-state index contributed by atoms with van der Waals surface area (Å²) in [5, 5.41) is 7.36. The third-order valence-electron chi connectivity index (χ3n) is 7.16. The van der Waals surface area contributed by atoms with E-state index in [0.29, 0.717) is 23.2 Å². The Morgan fingerprint density at radius 3 is 2.76 bits per heavy atom. The molecule has 5 rings (SSSR count). The number of aromatic nitrogens is 2. The molecule has 0 unspecified atom stereocenters. The lowest BCUT2D eigenvalue weighted by atomic mass is 9.80.